The first-order valence-electron chi connectivity index (χ1n) is 7.16. The van der Waals surface area contributed by atoms with Crippen LogP contribution in [0.4, 0.5) is 0 Å². The molecule has 3 aromatic rings. The molecule has 2 aromatic carbocycles. The van der Waals surface area contributed by atoms with Crippen LogP contribution in [0.3, 0.4) is 0 Å². The fourth-order valence-electron chi connectivity index (χ4n) is 3.54. The second-order valence-electron chi connectivity index (χ2n) is 5.62. The first-order valence-corrected chi connectivity index (χ1v) is 7.16. The average Bonchev–Trinajstić information content (AvgIpc) is 2.96. The molecule has 0 bridgehead atoms. The molecule has 100 valence electrons. The van der Waals surface area contributed by atoms with Crippen LogP contribution < -0.4 is 0 Å². The number of aryl methyl sites for hydroxylation is 1. The average molecular weight is 263 g/mol. The summed E-state index contributed by atoms with van der Waals surface area (Å²) < 4.78 is 0. The van der Waals surface area contributed by atoms with Crippen molar-refractivity contribution in [2.24, 2.45) is 0 Å². The number of hydrogen-bond donors (Lipinski definition) is 2. The van der Waals surface area contributed by atoms with Crippen LogP contribution in [-0.4, -0.2) is 10.1 Å². The van der Waals surface area contributed by atoms with Crippen LogP contribution in [0.5, 0.6) is 0 Å². The van der Waals surface area contributed by atoms with E-state index in [2.05, 4.69) is 41.4 Å². The van der Waals surface area contributed by atoms with Gasteiger partial charge in [0, 0.05) is 17.1 Å². The van der Waals surface area contributed by atoms with Crippen molar-refractivity contribution in [1.82, 2.24) is 4.98 Å². The van der Waals surface area contributed by atoms with Crippen molar-refractivity contribution in [3.63, 3.8) is 0 Å². The molecule has 0 saturated heterocycles. The van der Waals surface area contributed by atoms with Crippen LogP contribution >= 0.6 is 0 Å². The van der Waals surface area contributed by atoms with E-state index in [-0.39, 0.29) is 0 Å². The number of nitrogens with one attached hydrogen (secondary N) is 1. The maximum absolute atomic E-state index is 11.4. The lowest BCUT2D eigenvalue weighted by Crippen LogP contribution is -2.32. The summed E-state index contributed by atoms with van der Waals surface area (Å²) in [6.07, 6.45) is 4.80. The summed E-state index contributed by atoms with van der Waals surface area (Å²) in [4.78, 5) is 3.23. The molecular formula is C18H17NO. The molecule has 2 heteroatoms. The van der Waals surface area contributed by atoms with Gasteiger partial charge >= 0.3 is 0 Å². The van der Waals surface area contributed by atoms with E-state index >= 15 is 0 Å². The summed E-state index contributed by atoms with van der Waals surface area (Å²) in [6.45, 7) is 0. The van der Waals surface area contributed by atoms with E-state index in [1.165, 1.54) is 5.56 Å². The fourth-order valence-corrected chi connectivity index (χ4v) is 3.54. The molecule has 2 nitrogen and oxygen atoms in total. The molecule has 0 spiro atoms. The first-order chi connectivity index (χ1) is 9.79. The van der Waals surface area contributed by atoms with Gasteiger partial charge in [-0.25, -0.2) is 0 Å². The van der Waals surface area contributed by atoms with E-state index < -0.39 is 5.60 Å². The normalized spacial score (nSPS) is 21.9. The lowest BCUT2D eigenvalue weighted by molar-refractivity contribution is 0.0631. The summed E-state index contributed by atoms with van der Waals surface area (Å²) in [5.74, 6) is 0. The highest BCUT2D eigenvalue weighted by Crippen LogP contribution is 2.42. The molecule has 1 aliphatic rings. The fraction of sp³-hybridized carbons (Fsp3) is 0.222. The predicted octanol–water partition coefficient (Wildman–Crippen LogP) is 3.74. The number of aromatic amines is 1. The number of aromatic nitrogens is 1. The summed E-state index contributed by atoms with van der Waals surface area (Å²) in [5, 5.41) is 12.5. The Morgan fingerprint density at radius 3 is 2.75 bits per heavy atom. The molecule has 1 heterocycles. The van der Waals surface area contributed by atoms with Gasteiger partial charge in [0.05, 0.1) is 0 Å². The van der Waals surface area contributed by atoms with Crippen molar-refractivity contribution in [3.8, 4) is 0 Å². The number of H-pyrrole nitrogens is 1. The van der Waals surface area contributed by atoms with Gasteiger partial charge in [-0.05, 0) is 48.1 Å². The molecule has 0 amide bonds. The molecule has 1 atom stereocenters. The van der Waals surface area contributed by atoms with E-state index in [9.17, 15) is 5.11 Å². The van der Waals surface area contributed by atoms with Crippen LogP contribution in [-0.2, 0) is 12.0 Å². The van der Waals surface area contributed by atoms with Crippen LogP contribution in [0.1, 0.15) is 29.5 Å². The number of benzene rings is 2. The molecule has 1 aromatic heterocycles. The Morgan fingerprint density at radius 2 is 1.80 bits per heavy atom. The third-order valence-corrected chi connectivity index (χ3v) is 4.49. The third-order valence-electron chi connectivity index (χ3n) is 4.49. The summed E-state index contributed by atoms with van der Waals surface area (Å²) in [6, 6.07) is 16.5. The second-order valence-corrected chi connectivity index (χ2v) is 5.62. The molecule has 1 aliphatic carbocycles. The van der Waals surface area contributed by atoms with Gasteiger partial charge in [-0.15, -0.1) is 0 Å². The largest absolute Gasteiger partial charge is 0.380 e. The smallest absolute Gasteiger partial charge is 0.116 e. The number of aliphatic hydroxyl groups is 1. The molecule has 2 N–H and O–H groups in total. The molecule has 1 unspecified atom stereocenters. The van der Waals surface area contributed by atoms with Crippen molar-refractivity contribution >= 4 is 10.9 Å². The summed E-state index contributed by atoms with van der Waals surface area (Å²) >= 11 is 0. The molecule has 0 fully saturated rings. The molecule has 0 saturated carbocycles. The molecular weight excluding hydrogens is 246 g/mol. The monoisotopic (exact) mass is 263 g/mol. The highest BCUT2D eigenvalue weighted by molar-refractivity contribution is 5.84. The van der Waals surface area contributed by atoms with Crippen molar-refractivity contribution in [2.75, 3.05) is 0 Å². The van der Waals surface area contributed by atoms with E-state index in [1.54, 1.807) is 0 Å². The van der Waals surface area contributed by atoms with Crippen molar-refractivity contribution in [3.05, 3.63) is 71.4 Å². The molecule has 0 radical (unpaired) electrons. The Kier molecular flexibility index (Phi) is 2.48. The molecule has 4 rings (SSSR count). The predicted molar refractivity (Wildman–Crippen MR) is 80.7 cm³/mol. The Bertz CT molecular complexity index is 774. The van der Waals surface area contributed by atoms with Gasteiger partial charge in [-0.1, -0.05) is 36.4 Å². The van der Waals surface area contributed by atoms with Crippen molar-refractivity contribution in [2.45, 2.75) is 24.9 Å². The Labute approximate surface area is 118 Å². The highest BCUT2D eigenvalue weighted by atomic mass is 16.3. The summed E-state index contributed by atoms with van der Waals surface area (Å²) in [5.41, 5.74) is 3.58. The van der Waals surface area contributed by atoms with Gasteiger partial charge in [0.25, 0.3) is 0 Å². The maximum atomic E-state index is 11.4. The zero-order valence-corrected chi connectivity index (χ0v) is 11.3. The third kappa shape index (κ3) is 1.55. The van der Waals surface area contributed by atoms with Crippen LogP contribution in [0.2, 0.25) is 0 Å². The SMILES string of the molecule is OC1(c2cccc3[nH]ccc23)CCCc2ccccc21. The number of hydrogen-bond acceptors (Lipinski definition) is 1. The number of fused-ring (bicyclic) bond motifs is 2. The zero-order valence-electron chi connectivity index (χ0n) is 11.3. The first kappa shape index (κ1) is 11.7. The van der Waals surface area contributed by atoms with Crippen LogP contribution in [0.15, 0.2) is 54.7 Å². The van der Waals surface area contributed by atoms with Gasteiger partial charge in [0.1, 0.15) is 5.60 Å². The van der Waals surface area contributed by atoms with Crippen molar-refractivity contribution in [1.29, 1.82) is 0 Å². The van der Waals surface area contributed by atoms with E-state index in [4.69, 9.17) is 0 Å². The minimum absolute atomic E-state index is 0.786. The van der Waals surface area contributed by atoms with Gasteiger partial charge < -0.3 is 10.1 Å². The Balaban J connectivity index is 2.00. The summed E-state index contributed by atoms with van der Waals surface area (Å²) in [7, 11) is 0. The van der Waals surface area contributed by atoms with Gasteiger partial charge in [-0.2, -0.15) is 0 Å². The Morgan fingerprint density at radius 1 is 0.950 bits per heavy atom. The minimum atomic E-state index is -0.865. The Hall–Kier alpha value is -2.06. The van der Waals surface area contributed by atoms with Crippen molar-refractivity contribution < 1.29 is 5.11 Å². The topological polar surface area (TPSA) is 36.0 Å². The lowest BCUT2D eigenvalue weighted by atomic mass is 9.74. The minimum Gasteiger partial charge on any atom is -0.380 e. The van der Waals surface area contributed by atoms with E-state index in [1.807, 2.05) is 18.3 Å². The van der Waals surface area contributed by atoms with Gasteiger partial charge in [0.2, 0.25) is 0 Å². The van der Waals surface area contributed by atoms with Gasteiger partial charge in [0.15, 0.2) is 0 Å². The van der Waals surface area contributed by atoms with E-state index in [0.29, 0.717) is 0 Å². The maximum Gasteiger partial charge on any atom is 0.116 e. The van der Waals surface area contributed by atoms with Gasteiger partial charge in [-0.3, -0.25) is 0 Å². The zero-order chi connectivity index (χ0) is 13.6. The molecule has 0 aliphatic heterocycles. The van der Waals surface area contributed by atoms with Crippen LogP contribution in [0, 0.1) is 0 Å². The molecule has 20 heavy (non-hydrogen) atoms. The highest BCUT2D eigenvalue weighted by Gasteiger charge is 2.36. The number of rotatable bonds is 1. The lowest BCUT2D eigenvalue weighted by Gasteiger charge is -2.35. The quantitative estimate of drug-likeness (QED) is 0.689. The standard InChI is InChI=1S/C18H17NO/c20-18(11-4-6-13-5-1-2-7-15(13)18)16-8-3-9-17-14(16)10-12-19-17/h1-3,5,7-10,12,19-20H,4,6,11H2. The second kappa shape index (κ2) is 4.22. The van der Waals surface area contributed by atoms with E-state index in [0.717, 1.165) is 41.3 Å². The van der Waals surface area contributed by atoms with Crippen LogP contribution in [0.25, 0.3) is 10.9 Å².